The van der Waals surface area contributed by atoms with Gasteiger partial charge in [-0.3, -0.25) is 4.79 Å². The molecule has 0 aromatic heterocycles. The molecule has 0 N–H and O–H groups in total. The Hall–Kier alpha value is -0.570. The topological polar surface area (TPSA) is 29.5 Å². The highest BCUT2D eigenvalue weighted by molar-refractivity contribution is 5.69. The van der Waals surface area contributed by atoms with E-state index in [2.05, 4.69) is 18.7 Å². The van der Waals surface area contributed by atoms with Gasteiger partial charge in [-0.25, -0.2) is 0 Å². The molecular weight excluding hydrogens is 442 g/mol. The molecule has 214 valence electrons. The minimum absolute atomic E-state index is 0.00315. The van der Waals surface area contributed by atoms with Crippen molar-refractivity contribution in [2.24, 2.45) is 11.8 Å². The molecule has 0 spiro atoms. The van der Waals surface area contributed by atoms with E-state index in [-0.39, 0.29) is 12.1 Å². The van der Waals surface area contributed by atoms with Crippen LogP contribution < -0.4 is 0 Å². The monoisotopic (exact) mass is 508 g/mol. The highest BCUT2D eigenvalue weighted by Gasteiger charge is 2.35. The van der Waals surface area contributed by atoms with Crippen molar-refractivity contribution in [1.82, 2.24) is 4.90 Å². The molecule has 0 aliphatic heterocycles. The summed E-state index contributed by atoms with van der Waals surface area (Å²) in [7, 11) is 4.03. The van der Waals surface area contributed by atoms with E-state index in [1.54, 1.807) is 0 Å². The summed E-state index contributed by atoms with van der Waals surface area (Å²) < 4.78 is 5.92. The molecule has 0 unspecified atom stereocenters. The summed E-state index contributed by atoms with van der Waals surface area (Å²) in [6.07, 6.45) is 31.9. The average Bonchev–Trinajstić information content (AvgIpc) is 3.61. The smallest absolute Gasteiger partial charge is 0.307 e. The lowest BCUT2D eigenvalue weighted by Crippen LogP contribution is -2.22. The molecule has 1 aliphatic carbocycles. The van der Waals surface area contributed by atoms with Gasteiger partial charge in [-0.05, 0) is 58.0 Å². The first kappa shape index (κ1) is 33.5. The molecule has 1 saturated carbocycles. The van der Waals surface area contributed by atoms with Gasteiger partial charge in [0.1, 0.15) is 6.10 Å². The first-order chi connectivity index (χ1) is 17.6. The second kappa shape index (κ2) is 23.5. The molecule has 0 saturated heterocycles. The van der Waals surface area contributed by atoms with Crippen molar-refractivity contribution in [1.29, 1.82) is 0 Å². The summed E-state index contributed by atoms with van der Waals surface area (Å²) in [6.45, 7) is 5.36. The zero-order chi connectivity index (χ0) is 26.3. The van der Waals surface area contributed by atoms with Crippen LogP contribution in [0.25, 0.3) is 0 Å². The van der Waals surface area contributed by atoms with Crippen molar-refractivity contribution in [2.75, 3.05) is 20.6 Å². The van der Waals surface area contributed by atoms with E-state index in [4.69, 9.17) is 4.74 Å². The van der Waals surface area contributed by atoms with Gasteiger partial charge in [-0.15, -0.1) is 0 Å². The van der Waals surface area contributed by atoms with Crippen LogP contribution in [-0.2, 0) is 9.53 Å². The largest absolute Gasteiger partial charge is 0.462 e. The lowest BCUT2D eigenvalue weighted by atomic mass is 10.0. The van der Waals surface area contributed by atoms with Crippen molar-refractivity contribution in [2.45, 2.75) is 174 Å². The Bertz CT molecular complexity index is 492. The molecule has 0 heterocycles. The molecule has 1 aliphatic rings. The van der Waals surface area contributed by atoms with Gasteiger partial charge in [0.2, 0.25) is 0 Å². The predicted molar refractivity (Wildman–Crippen MR) is 158 cm³/mol. The standard InChI is InChI=1S/C33H65NO2/c1-5-7-9-11-13-17-21-25-32(36-33(35)27-28-34(3)4)26-22-18-14-16-20-24-31-29-30(31)23-19-15-12-10-8-6-2/h30-32H,5-29H2,1-4H3/t30-,31+,32+/m0/s1. The van der Waals surface area contributed by atoms with Crippen LogP contribution in [0, 0.1) is 11.8 Å². The second-order valence-corrected chi connectivity index (χ2v) is 12.2. The van der Waals surface area contributed by atoms with E-state index in [9.17, 15) is 4.79 Å². The zero-order valence-corrected chi connectivity index (χ0v) is 25.2. The van der Waals surface area contributed by atoms with Crippen LogP contribution in [0.1, 0.15) is 168 Å². The van der Waals surface area contributed by atoms with E-state index in [1.165, 1.54) is 135 Å². The van der Waals surface area contributed by atoms with Crippen LogP contribution in [0.15, 0.2) is 0 Å². The number of carbonyl (C=O) groups is 1. The second-order valence-electron chi connectivity index (χ2n) is 12.2. The third-order valence-corrected chi connectivity index (χ3v) is 8.29. The maximum absolute atomic E-state index is 12.3. The molecule has 36 heavy (non-hydrogen) atoms. The predicted octanol–water partition coefficient (Wildman–Crippen LogP) is 10.1. The van der Waals surface area contributed by atoms with Crippen molar-refractivity contribution >= 4 is 5.97 Å². The molecular formula is C33H65NO2. The number of hydrogen-bond donors (Lipinski definition) is 0. The Labute approximate surface area is 226 Å². The molecule has 3 atom stereocenters. The number of unbranched alkanes of at least 4 members (excludes halogenated alkanes) is 15. The number of rotatable bonds is 27. The van der Waals surface area contributed by atoms with Crippen molar-refractivity contribution in [3.8, 4) is 0 Å². The summed E-state index contributed by atoms with van der Waals surface area (Å²) in [4.78, 5) is 14.4. The maximum atomic E-state index is 12.3. The summed E-state index contributed by atoms with van der Waals surface area (Å²) in [5, 5.41) is 0. The third-order valence-electron chi connectivity index (χ3n) is 8.29. The molecule has 1 fully saturated rings. The maximum Gasteiger partial charge on any atom is 0.307 e. The molecule has 0 aromatic carbocycles. The Morgan fingerprint density at radius 2 is 1.08 bits per heavy atom. The molecule has 3 heteroatoms. The van der Waals surface area contributed by atoms with Crippen LogP contribution in [-0.4, -0.2) is 37.6 Å². The van der Waals surface area contributed by atoms with Gasteiger partial charge in [-0.2, -0.15) is 0 Å². The first-order valence-corrected chi connectivity index (χ1v) is 16.4. The Kier molecular flexibility index (Phi) is 21.9. The fourth-order valence-electron chi connectivity index (χ4n) is 5.66. The van der Waals surface area contributed by atoms with Crippen LogP contribution in [0.3, 0.4) is 0 Å². The summed E-state index contributed by atoms with van der Waals surface area (Å²) in [6, 6.07) is 0. The number of carbonyl (C=O) groups excluding carboxylic acids is 1. The van der Waals surface area contributed by atoms with Crippen molar-refractivity contribution < 1.29 is 9.53 Å². The van der Waals surface area contributed by atoms with E-state index in [1.807, 2.05) is 14.1 Å². The Balaban J connectivity index is 2.07. The van der Waals surface area contributed by atoms with Crippen LogP contribution in [0.4, 0.5) is 0 Å². The van der Waals surface area contributed by atoms with Gasteiger partial charge in [0.05, 0.1) is 6.42 Å². The van der Waals surface area contributed by atoms with Gasteiger partial charge >= 0.3 is 5.97 Å². The lowest BCUT2D eigenvalue weighted by molar-refractivity contribution is -0.150. The Morgan fingerprint density at radius 1 is 0.667 bits per heavy atom. The van der Waals surface area contributed by atoms with Gasteiger partial charge < -0.3 is 9.64 Å². The number of esters is 1. The van der Waals surface area contributed by atoms with Crippen LogP contribution in [0.2, 0.25) is 0 Å². The highest BCUT2D eigenvalue weighted by atomic mass is 16.5. The summed E-state index contributed by atoms with van der Waals surface area (Å²) >= 11 is 0. The van der Waals surface area contributed by atoms with Crippen molar-refractivity contribution in [3.63, 3.8) is 0 Å². The SMILES string of the molecule is CCCCCCCCC[C@H](CCCCCCC[C@@H]1C[C@@H]1CCCCCCCC)OC(=O)CCN(C)C. The molecule has 0 amide bonds. The fourth-order valence-corrected chi connectivity index (χ4v) is 5.66. The van der Waals surface area contributed by atoms with Gasteiger partial charge in [-0.1, -0.05) is 129 Å². The minimum atomic E-state index is -0.00315. The van der Waals surface area contributed by atoms with Gasteiger partial charge in [0.25, 0.3) is 0 Å². The van der Waals surface area contributed by atoms with E-state index in [0.717, 1.165) is 31.2 Å². The fraction of sp³-hybridized carbons (Fsp3) is 0.970. The molecule has 0 bridgehead atoms. The van der Waals surface area contributed by atoms with Gasteiger partial charge in [0, 0.05) is 6.54 Å². The third kappa shape index (κ3) is 20.5. The van der Waals surface area contributed by atoms with Crippen LogP contribution >= 0.6 is 0 Å². The molecule has 1 rings (SSSR count). The Morgan fingerprint density at radius 3 is 1.53 bits per heavy atom. The normalized spacial score (nSPS) is 18.0. The zero-order valence-electron chi connectivity index (χ0n) is 25.2. The molecule has 0 radical (unpaired) electrons. The average molecular weight is 508 g/mol. The number of ether oxygens (including phenoxy) is 1. The molecule has 0 aromatic rings. The molecule has 3 nitrogen and oxygen atoms in total. The minimum Gasteiger partial charge on any atom is -0.462 e. The highest BCUT2D eigenvalue weighted by Crippen LogP contribution is 2.45. The van der Waals surface area contributed by atoms with E-state index in [0.29, 0.717) is 6.42 Å². The lowest BCUT2D eigenvalue weighted by Gasteiger charge is -2.19. The summed E-state index contributed by atoms with van der Waals surface area (Å²) in [5.41, 5.74) is 0. The van der Waals surface area contributed by atoms with Crippen molar-refractivity contribution in [3.05, 3.63) is 0 Å². The first-order valence-electron chi connectivity index (χ1n) is 16.4. The number of nitrogens with zero attached hydrogens (tertiary/aromatic N) is 1. The number of hydrogen-bond acceptors (Lipinski definition) is 3. The quantitative estimate of drug-likeness (QED) is 0.0818. The van der Waals surface area contributed by atoms with Crippen LogP contribution in [0.5, 0.6) is 0 Å². The summed E-state index contributed by atoms with van der Waals surface area (Å²) in [5.74, 6) is 2.14. The van der Waals surface area contributed by atoms with E-state index < -0.39 is 0 Å². The van der Waals surface area contributed by atoms with E-state index >= 15 is 0 Å². The van der Waals surface area contributed by atoms with Gasteiger partial charge in [0.15, 0.2) is 0 Å².